The van der Waals surface area contributed by atoms with E-state index in [4.69, 9.17) is 5.11 Å². The van der Waals surface area contributed by atoms with Crippen LogP contribution in [0.3, 0.4) is 0 Å². The van der Waals surface area contributed by atoms with Gasteiger partial charge in [-0.25, -0.2) is 0 Å². The highest BCUT2D eigenvalue weighted by molar-refractivity contribution is 6.03. The van der Waals surface area contributed by atoms with Gasteiger partial charge >= 0.3 is 5.97 Å². The average molecular weight is 249 g/mol. The largest absolute Gasteiger partial charge is 0.481 e. The normalized spacial score (nSPS) is 10.5. The molecule has 18 heavy (non-hydrogen) atoms. The van der Waals surface area contributed by atoms with Gasteiger partial charge in [0, 0.05) is 12.7 Å². The van der Waals surface area contributed by atoms with E-state index in [-0.39, 0.29) is 0 Å². The Labute approximate surface area is 107 Å². The third kappa shape index (κ3) is 3.32. The third-order valence-electron chi connectivity index (χ3n) is 2.94. The van der Waals surface area contributed by atoms with E-state index in [1.54, 1.807) is 7.05 Å². The van der Waals surface area contributed by atoms with Crippen LogP contribution in [0.2, 0.25) is 0 Å². The predicted octanol–water partition coefficient (Wildman–Crippen LogP) is 2.56. The third-order valence-corrected chi connectivity index (χ3v) is 2.94. The summed E-state index contributed by atoms with van der Waals surface area (Å²) in [6.07, 6.45) is -0.484. The number of carboxylic acids is 1. The summed E-state index contributed by atoms with van der Waals surface area (Å²) in [7, 11) is 1.61. The molecule has 0 spiro atoms. The molecular formula is C14H19NO3. The number of carbonyl (C=O) groups excluding carboxylic acids is 1. The van der Waals surface area contributed by atoms with Crippen molar-refractivity contribution in [2.24, 2.45) is 0 Å². The highest BCUT2D eigenvalue weighted by atomic mass is 16.4. The van der Waals surface area contributed by atoms with Crippen LogP contribution < -0.4 is 4.90 Å². The number of carbonyl (C=O) groups is 2. The number of rotatable bonds is 4. The number of hydrogen-bond donors (Lipinski definition) is 1. The first-order valence-corrected chi connectivity index (χ1v) is 5.91. The molecule has 1 N–H and O–H groups in total. The summed E-state index contributed by atoms with van der Waals surface area (Å²) in [5.74, 6) is -1.15. The number of benzene rings is 1. The standard InChI is InChI=1S/C14H19NO3/c1-9(2)11-6-5-10(3)12(7-11)15(4)13(16)8-14(17)18/h5-7,9H,8H2,1-4H3,(H,17,18). The molecule has 0 aromatic heterocycles. The van der Waals surface area contributed by atoms with Crippen LogP contribution in [0.15, 0.2) is 18.2 Å². The highest BCUT2D eigenvalue weighted by Crippen LogP contribution is 2.25. The van der Waals surface area contributed by atoms with Gasteiger partial charge in [-0.05, 0) is 30.0 Å². The molecule has 1 rings (SSSR count). The molecule has 0 aliphatic rings. The maximum absolute atomic E-state index is 11.7. The van der Waals surface area contributed by atoms with Gasteiger partial charge in [0.15, 0.2) is 0 Å². The number of aliphatic carboxylic acids is 1. The van der Waals surface area contributed by atoms with Gasteiger partial charge < -0.3 is 10.0 Å². The van der Waals surface area contributed by atoms with Crippen molar-refractivity contribution >= 4 is 17.6 Å². The van der Waals surface area contributed by atoms with Gasteiger partial charge in [-0.1, -0.05) is 26.0 Å². The summed E-state index contributed by atoms with van der Waals surface area (Å²) >= 11 is 0. The molecule has 0 heterocycles. The Morgan fingerprint density at radius 3 is 2.44 bits per heavy atom. The fourth-order valence-electron chi connectivity index (χ4n) is 1.73. The lowest BCUT2D eigenvalue weighted by Gasteiger charge is -2.20. The maximum Gasteiger partial charge on any atom is 0.312 e. The van der Waals surface area contributed by atoms with E-state index >= 15 is 0 Å². The van der Waals surface area contributed by atoms with Gasteiger partial charge in [-0.3, -0.25) is 9.59 Å². The van der Waals surface area contributed by atoms with Crippen molar-refractivity contribution in [1.82, 2.24) is 0 Å². The first-order valence-electron chi connectivity index (χ1n) is 5.91. The molecule has 0 atom stereocenters. The summed E-state index contributed by atoms with van der Waals surface area (Å²) in [5.41, 5.74) is 2.86. The Balaban J connectivity index is 3.04. The van der Waals surface area contributed by atoms with Gasteiger partial charge in [0.1, 0.15) is 6.42 Å². The Hall–Kier alpha value is -1.84. The number of nitrogens with zero attached hydrogens (tertiary/aromatic N) is 1. The second-order valence-corrected chi connectivity index (χ2v) is 4.72. The SMILES string of the molecule is Cc1ccc(C(C)C)cc1N(C)C(=O)CC(=O)O. The second kappa shape index (κ2) is 5.67. The van der Waals surface area contributed by atoms with Gasteiger partial charge in [-0.15, -0.1) is 0 Å². The quantitative estimate of drug-likeness (QED) is 0.834. The number of anilines is 1. The fraction of sp³-hybridized carbons (Fsp3) is 0.429. The zero-order chi connectivity index (χ0) is 13.9. The van der Waals surface area contributed by atoms with E-state index in [0.29, 0.717) is 5.92 Å². The molecule has 0 aliphatic heterocycles. The molecule has 0 fully saturated rings. The molecule has 0 aliphatic carbocycles. The van der Waals surface area contributed by atoms with E-state index < -0.39 is 18.3 Å². The van der Waals surface area contributed by atoms with Crippen LogP contribution in [0.1, 0.15) is 37.3 Å². The molecular weight excluding hydrogens is 230 g/mol. The zero-order valence-electron chi connectivity index (χ0n) is 11.2. The Bertz CT molecular complexity index is 466. The molecule has 1 amide bonds. The topological polar surface area (TPSA) is 57.6 Å². The minimum Gasteiger partial charge on any atom is -0.481 e. The monoisotopic (exact) mass is 249 g/mol. The Morgan fingerprint density at radius 2 is 1.94 bits per heavy atom. The molecule has 0 unspecified atom stereocenters. The second-order valence-electron chi connectivity index (χ2n) is 4.72. The highest BCUT2D eigenvalue weighted by Gasteiger charge is 2.16. The van der Waals surface area contributed by atoms with Crippen molar-refractivity contribution in [3.63, 3.8) is 0 Å². The lowest BCUT2D eigenvalue weighted by atomic mass is 10.00. The minimum absolute atomic E-state index is 0.368. The molecule has 98 valence electrons. The van der Waals surface area contributed by atoms with Gasteiger partial charge in [0.2, 0.25) is 5.91 Å². The van der Waals surface area contributed by atoms with E-state index in [1.165, 1.54) is 4.90 Å². The Kier molecular flexibility index (Phi) is 4.48. The first kappa shape index (κ1) is 14.2. The van der Waals surface area contributed by atoms with Crippen molar-refractivity contribution in [3.05, 3.63) is 29.3 Å². The number of amides is 1. The Morgan fingerprint density at radius 1 is 1.33 bits per heavy atom. The van der Waals surface area contributed by atoms with Crippen LogP contribution in [-0.2, 0) is 9.59 Å². The molecule has 1 aromatic rings. The number of hydrogen-bond acceptors (Lipinski definition) is 2. The van der Waals surface area contributed by atoms with Crippen molar-refractivity contribution in [2.75, 3.05) is 11.9 Å². The fourth-order valence-corrected chi connectivity index (χ4v) is 1.73. The smallest absolute Gasteiger partial charge is 0.312 e. The van der Waals surface area contributed by atoms with Crippen LogP contribution in [0.5, 0.6) is 0 Å². The summed E-state index contributed by atoms with van der Waals surface area (Å²) < 4.78 is 0. The van der Waals surface area contributed by atoms with Gasteiger partial charge in [0.05, 0.1) is 0 Å². The van der Waals surface area contributed by atoms with Crippen molar-refractivity contribution < 1.29 is 14.7 Å². The average Bonchev–Trinajstić information content (AvgIpc) is 2.27. The van der Waals surface area contributed by atoms with Crippen molar-refractivity contribution in [2.45, 2.75) is 33.1 Å². The summed E-state index contributed by atoms with van der Waals surface area (Å²) in [6.45, 7) is 6.06. The van der Waals surface area contributed by atoms with Crippen LogP contribution in [-0.4, -0.2) is 24.0 Å². The van der Waals surface area contributed by atoms with Crippen LogP contribution in [0, 0.1) is 6.92 Å². The molecule has 1 aromatic carbocycles. The maximum atomic E-state index is 11.7. The number of carboxylic acid groups (broad SMARTS) is 1. The van der Waals surface area contributed by atoms with Crippen LogP contribution >= 0.6 is 0 Å². The van der Waals surface area contributed by atoms with E-state index in [1.807, 2.05) is 25.1 Å². The molecule has 4 nitrogen and oxygen atoms in total. The van der Waals surface area contributed by atoms with Crippen molar-refractivity contribution in [3.8, 4) is 0 Å². The molecule has 0 radical (unpaired) electrons. The molecule has 0 saturated carbocycles. The van der Waals surface area contributed by atoms with Crippen LogP contribution in [0.25, 0.3) is 0 Å². The zero-order valence-corrected chi connectivity index (χ0v) is 11.2. The van der Waals surface area contributed by atoms with E-state index in [9.17, 15) is 9.59 Å². The lowest BCUT2D eigenvalue weighted by molar-refractivity contribution is -0.140. The predicted molar refractivity (Wildman–Crippen MR) is 70.9 cm³/mol. The molecule has 4 heteroatoms. The van der Waals surface area contributed by atoms with E-state index in [2.05, 4.69) is 13.8 Å². The summed E-state index contributed by atoms with van der Waals surface area (Å²) in [5, 5.41) is 8.64. The summed E-state index contributed by atoms with van der Waals surface area (Å²) in [6, 6.07) is 5.92. The van der Waals surface area contributed by atoms with Crippen LogP contribution in [0.4, 0.5) is 5.69 Å². The molecule has 0 saturated heterocycles. The number of aryl methyl sites for hydroxylation is 1. The van der Waals surface area contributed by atoms with E-state index in [0.717, 1.165) is 16.8 Å². The van der Waals surface area contributed by atoms with Crippen molar-refractivity contribution in [1.29, 1.82) is 0 Å². The minimum atomic E-state index is -1.11. The molecule has 0 bridgehead atoms. The summed E-state index contributed by atoms with van der Waals surface area (Å²) in [4.78, 5) is 23.7. The van der Waals surface area contributed by atoms with Gasteiger partial charge in [0.25, 0.3) is 0 Å². The first-order chi connectivity index (χ1) is 8.32. The van der Waals surface area contributed by atoms with Gasteiger partial charge in [-0.2, -0.15) is 0 Å². The lowest BCUT2D eigenvalue weighted by Crippen LogP contribution is -2.28.